The van der Waals surface area contributed by atoms with Crippen LogP contribution in [-0.4, -0.2) is 75.5 Å². The van der Waals surface area contributed by atoms with Crippen LogP contribution in [0.4, 0.5) is 19.1 Å². The molecule has 2 aromatic heterocycles. The van der Waals surface area contributed by atoms with Crippen molar-refractivity contribution in [2.45, 2.75) is 50.6 Å². The Balaban J connectivity index is 1.24. The van der Waals surface area contributed by atoms with Crippen LogP contribution < -0.4 is 15.2 Å². The second-order valence-corrected chi connectivity index (χ2v) is 8.81. The molecule has 2 aromatic rings. The highest BCUT2D eigenvalue weighted by atomic mass is 35.5. The molecule has 0 bridgehead atoms. The average Bonchev–Trinajstić information content (AvgIpc) is 3.20. The standard InChI is InChI=1S/C21H24ClF3N6O4/c1-12(35-16-10-28-29-18(32)17(16)22)11-34-15-4-7-31(19(15)33)14-2-5-30(6-3-14)20-26-8-13(9-27-20)21(23,24)25/h8-10,12,14-15H,2-7,11H2,1H3,(H,29,32)/t12-,15-/m0/s1. The Labute approximate surface area is 203 Å². The molecule has 0 saturated carbocycles. The molecule has 14 heteroatoms. The van der Waals surface area contributed by atoms with E-state index >= 15 is 0 Å². The minimum atomic E-state index is -4.48. The van der Waals surface area contributed by atoms with Crippen molar-refractivity contribution >= 4 is 23.5 Å². The molecule has 1 N–H and O–H groups in total. The van der Waals surface area contributed by atoms with Crippen LogP contribution in [0.5, 0.6) is 5.75 Å². The number of alkyl halides is 3. The summed E-state index contributed by atoms with van der Waals surface area (Å²) in [6.07, 6.45) is -0.833. The number of piperidine rings is 1. The van der Waals surface area contributed by atoms with Gasteiger partial charge in [-0.05, 0) is 19.8 Å². The van der Waals surface area contributed by atoms with Gasteiger partial charge in [-0.15, -0.1) is 0 Å². The molecule has 10 nitrogen and oxygen atoms in total. The number of aromatic nitrogens is 4. The van der Waals surface area contributed by atoms with Gasteiger partial charge in [0.25, 0.3) is 11.5 Å². The van der Waals surface area contributed by atoms with E-state index in [-0.39, 0.29) is 35.3 Å². The first-order valence-electron chi connectivity index (χ1n) is 11.1. The number of carbonyl (C=O) groups is 1. The lowest BCUT2D eigenvalue weighted by Crippen LogP contribution is -2.47. The molecule has 35 heavy (non-hydrogen) atoms. The van der Waals surface area contributed by atoms with Gasteiger partial charge in [-0.1, -0.05) is 11.6 Å². The number of nitrogens with one attached hydrogen (secondary N) is 1. The number of likely N-dealkylation sites (tertiary alicyclic amines) is 1. The number of carbonyl (C=O) groups excluding carboxylic acids is 1. The van der Waals surface area contributed by atoms with Crippen molar-refractivity contribution in [1.82, 2.24) is 25.1 Å². The number of amides is 1. The van der Waals surface area contributed by atoms with Crippen molar-refractivity contribution < 1.29 is 27.4 Å². The fourth-order valence-electron chi connectivity index (χ4n) is 4.15. The Bertz CT molecular complexity index is 1090. The summed E-state index contributed by atoms with van der Waals surface area (Å²) in [5.74, 6) is 0.280. The maximum absolute atomic E-state index is 12.9. The van der Waals surface area contributed by atoms with Gasteiger partial charge in [-0.3, -0.25) is 9.59 Å². The molecule has 2 saturated heterocycles. The van der Waals surface area contributed by atoms with Crippen molar-refractivity contribution in [2.75, 3.05) is 31.1 Å². The third kappa shape index (κ3) is 5.84. The molecular formula is C21H24ClF3N6O4. The summed E-state index contributed by atoms with van der Waals surface area (Å²) < 4.78 is 49.5. The third-order valence-corrected chi connectivity index (χ3v) is 6.33. The summed E-state index contributed by atoms with van der Waals surface area (Å²) in [4.78, 5) is 35.7. The number of rotatable bonds is 7. The molecule has 0 aliphatic carbocycles. The zero-order chi connectivity index (χ0) is 25.2. The smallest absolute Gasteiger partial charge is 0.419 e. The summed E-state index contributed by atoms with van der Waals surface area (Å²) in [7, 11) is 0. The number of nitrogens with zero attached hydrogens (tertiary/aromatic N) is 5. The molecule has 0 radical (unpaired) electrons. The number of hydrogen-bond acceptors (Lipinski definition) is 8. The average molecular weight is 517 g/mol. The lowest BCUT2D eigenvalue weighted by molar-refractivity contribution is -0.140. The highest BCUT2D eigenvalue weighted by Crippen LogP contribution is 2.29. The van der Waals surface area contributed by atoms with Crippen LogP contribution in [0.1, 0.15) is 31.7 Å². The molecule has 4 rings (SSSR count). The molecule has 0 unspecified atom stereocenters. The summed E-state index contributed by atoms with van der Waals surface area (Å²) in [6, 6.07) is 0.0106. The monoisotopic (exact) mass is 516 g/mol. The predicted octanol–water partition coefficient (Wildman–Crippen LogP) is 2.29. The van der Waals surface area contributed by atoms with E-state index in [4.69, 9.17) is 21.1 Å². The summed E-state index contributed by atoms with van der Waals surface area (Å²) in [5.41, 5.74) is -1.45. The van der Waals surface area contributed by atoms with Crippen LogP contribution >= 0.6 is 11.6 Å². The van der Waals surface area contributed by atoms with E-state index in [0.29, 0.717) is 38.9 Å². The largest absolute Gasteiger partial charge is 0.485 e. The molecule has 0 spiro atoms. The molecule has 1 amide bonds. The highest BCUT2D eigenvalue weighted by Gasteiger charge is 2.38. The van der Waals surface area contributed by atoms with Crippen LogP contribution in [0.25, 0.3) is 0 Å². The summed E-state index contributed by atoms with van der Waals surface area (Å²) in [6.45, 7) is 3.47. The number of anilines is 1. The van der Waals surface area contributed by atoms with Crippen molar-refractivity contribution in [2.24, 2.45) is 0 Å². The van der Waals surface area contributed by atoms with Gasteiger partial charge in [-0.25, -0.2) is 15.1 Å². The first kappa shape index (κ1) is 25.2. The van der Waals surface area contributed by atoms with Crippen molar-refractivity contribution in [3.05, 3.63) is 39.5 Å². The lowest BCUT2D eigenvalue weighted by atomic mass is 10.0. The lowest BCUT2D eigenvalue weighted by Gasteiger charge is -2.36. The quantitative estimate of drug-likeness (QED) is 0.596. The normalized spacial score (nSPS) is 20.4. The van der Waals surface area contributed by atoms with Crippen LogP contribution in [0.15, 0.2) is 23.4 Å². The molecule has 2 aliphatic heterocycles. The number of halogens is 4. The minimum absolute atomic E-state index is 0.0106. The van der Waals surface area contributed by atoms with E-state index in [0.717, 1.165) is 12.4 Å². The number of ether oxygens (including phenoxy) is 2. The fourth-order valence-corrected chi connectivity index (χ4v) is 4.29. The molecule has 0 aromatic carbocycles. The topological polar surface area (TPSA) is 114 Å². The SMILES string of the molecule is C[C@@H](CO[C@H]1CCN(C2CCN(c3ncc(C(F)(F)F)cn3)CC2)C1=O)Oc1cn[nH]c(=O)c1Cl. The van der Waals surface area contributed by atoms with Crippen molar-refractivity contribution in [1.29, 1.82) is 0 Å². The molecule has 190 valence electrons. The van der Waals surface area contributed by atoms with E-state index in [2.05, 4.69) is 20.2 Å². The molecule has 2 aliphatic rings. The molecule has 2 fully saturated rings. The second kappa shape index (κ2) is 10.4. The first-order valence-corrected chi connectivity index (χ1v) is 11.5. The van der Waals surface area contributed by atoms with E-state index in [9.17, 15) is 22.8 Å². The van der Waals surface area contributed by atoms with Gasteiger partial charge in [0.1, 0.15) is 12.2 Å². The summed E-state index contributed by atoms with van der Waals surface area (Å²) in [5, 5.41) is 5.74. The number of hydrogen-bond donors (Lipinski definition) is 1. The van der Waals surface area contributed by atoms with Gasteiger partial charge >= 0.3 is 6.18 Å². The first-order chi connectivity index (χ1) is 16.6. The maximum Gasteiger partial charge on any atom is 0.419 e. The zero-order valence-corrected chi connectivity index (χ0v) is 19.6. The van der Waals surface area contributed by atoms with Gasteiger partial charge < -0.3 is 19.3 Å². The van der Waals surface area contributed by atoms with Gasteiger partial charge in [0.2, 0.25) is 5.95 Å². The van der Waals surface area contributed by atoms with Gasteiger partial charge in [0, 0.05) is 44.5 Å². The van der Waals surface area contributed by atoms with E-state index in [1.165, 1.54) is 6.20 Å². The Hall–Kier alpha value is -2.93. The van der Waals surface area contributed by atoms with Gasteiger partial charge in [0.05, 0.1) is 18.4 Å². The Morgan fingerprint density at radius 3 is 2.49 bits per heavy atom. The molecule has 4 heterocycles. The van der Waals surface area contributed by atoms with E-state index < -0.39 is 29.5 Å². The summed E-state index contributed by atoms with van der Waals surface area (Å²) >= 11 is 5.90. The third-order valence-electron chi connectivity index (χ3n) is 5.97. The second-order valence-electron chi connectivity index (χ2n) is 8.44. The van der Waals surface area contributed by atoms with Crippen molar-refractivity contribution in [3.8, 4) is 5.75 Å². The van der Waals surface area contributed by atoms with Crippen LogP contribution in [0, 0.1) is 0 Å². The van der Waals surface area contributed by atoms with Crippen molar-refractivity contribution in [3.63, 3.8) is 0 Å². The van der Waals surface area contributed by atoms with Gasteiger partial charge in [-0.2, -0.15) is 18.3 Å². The van der Waals surface area contributed by atoms with E-state index in [1.54, 1.807) is 11.8 Å². The van der Waals surface area contributed by atoms with Crippen LogP contribution in [0.2, 0.25) is 5.02 Å². The number of aromatic amines is 1. The van der Waals surface area contributed by atoms with Crippen LogP contribution in [0.3, 0.4) is 0 Å². The highest BCUT2D eigenvalue weighted by molar-refractivity contribution is 6.31. The van der Waals surface area contributed by atoms with Gasteiger partial charge in [0.15, 0.2) is 10.8 Å². The predicted molar refractivity (Wildman–Crippen MR) is 118 cm³/mol. The maximum atomic E-state index is 12.9. The minimum Gasteiger partial charge on any atom is -0.485 e. The van der Waals surface area contributed by atoms with Crippen LogP contribution in [-0.2, 0) is 15.7 Å². The Kier molecular flexibility index (Phi) is 7.45. The molecule has 2 atom stereocenters. The Morgan fingerprint density at radius 1 is 1.14 bits per heavy atom. The number of H-pyrrole nitrogens is 1. The molecular weight excluding hydrogens is 493 g/mol. The fraction of sp³-hybridized carbons (Fsp3) is 0.571. The zero-order valence-electron chi connectivity index (χ0n) is 18.8. The van der Waals surface area contributed by atoms with E-state index in [1.807, 2.05) is 4.90 Å². The Morgan fingerprint density at radius 2 is 1.83 bits per heavy atom.